The third kappa shape index (κ3) is 9.37. The monoisotopic (exact) mass is 484 g/mol. The number of carbonyl (C=O) groups excluding carboxylic acids is 4. The van der Waals surface area contributed by atoms with Crippen molar-refractivity contribution in [3.05, 3.63) is 12.2 Å². The Balaban J connectivity index is 0.000000204. The molecule has 12 nitrogen and oxygen atoms in total. The number of hydrogen-bond acceptors (Lipinski definition) is 10. The first-order valence-electron chi connectivity index (χ1n) is 11.6. The highest BCUT2D eigenvalue weighted by Crippen LogP contribution is 2.12. The zero-order valence-corrected chi connectivity index (χ0v) is 20.0. The summed E-state index contributed by atoms with van der Waals surface area (Å²) in [6, 6.07) is 0.139. The average Bonchev–Trinajstić information content (AvgIpc) is 3.49. The average molecular weight is 485 g/mol. The van der Waals surface area contributed by atoms with Crippen molar-refractivity contribution >= 4 is 24.0 Å². The van der Waals surface area contributed by atoms with Gasteiger partial charge in [-0.3, -0.25) is 14.5 Å². The maximum Gasteiger partial charge on any atom is 0.416 e. The van der Waals surface area contributed by atoms with Gasteiger partial charge in [0.2, 0.25) is 5.91 Å². The molecule has 1 N–H and O–H groups in total. The number of rotatable bonds is 4. The van der Waals surface area contributed by atoms with Crippen molar-refractivity contribution in [1.82, 2.24) is 20.0 Å². The molecule has 1 atom stereocenters. The van der Waals surface area contributed by atoms with Crippen molar-refractivity contribution in [3.8, 4) is 0 Å². The molecule has 0 aromatic rings. The Morgan fingerprint density at radius 1 is 0.882 bits per heavy atom. The van der Waals surface area contributed by atoms with Crippen LogP contribution in [-0.4, -0.2) is 124 Å². The second-order valence-corrected chi connectivity index (χ2v) is 7.83. The predicted octanol–water partition coefficient (Wildman–Crippen LogP) is 0.224. The number of nitrogens with zero attached hydrogens (tertiary/aromatic N) is 3. The van der Waals surface area contributed by atoms with E-state index in [2.05, 4.69) is 15.0 Å². The van der Waals surface area contributed by atoms with Gasteiger partial charge in [0, 0.05) is 38.6 Å². The van der Waals surface area contributed by atoms with Gasteiger partial charge < -0.3 is 24.3 Å². The van der Waals surface area contributed by atoms with Crippen LogP contribution in [0.1, 0.15) is 20.3 Å². The molecular weight excluding hydrogens is 448 g/mol. The molecule has 0 aromatic carbocycles. The highest BCUT2D eigenvalue weighted by Gasteiger charge is 2.30. The summed E-state index contributed by atoms with van der Waals surface area (Å²) in [6.45, 7) is 12.0. The molecule has 4 aliphatic rings. The lowest BCUT2D eigenvalue weighted by molar-refractivity contribution is -0.129. The molecule has 4 amide bonds. The van der Waals surface area contributed by atoms with Crippen LogP contribution < -0.4 is 5.32 Å². The van der Waals surface area contributed by atoms with Crippen molar-refractivity contribution in [1.29, 1.82) is 0 Å². The largest absolute Gasteiger partial charge is 0.447 e. The van der Waals surface area contributed by atoms with E-state index in [1.165, 1.54) is 11.0 Å². The number of hydrogen-bond donors (Lipinski definition) is 1. The summed E-state index contributed by atoms with van der Waals surface area (Å²) >= 11 is 0. The topological polar surface area (TPSA) is 127 Å². The van der Waals surface area contributed by atoms with Crippen LogP contribution in [0, 0.1) is 0 Å². The Kier molecular flexibility index (Phi) is 12.5. The molecule has 0 bridgehead atoms. The lowest BCUT2D eigenvalue weighted by atomic mass is 10.1. The molecule has 0 saturated carbocycles. The summed E-state index contributed by atoms with van der Waals surface area (Å²) in [5, 5.41) is 3.16. The lowest BCUT2D eigenvalue weighted by Crippen LogP contribution is -2.45. The smallest absolute Gasteiger partial charge is 0.416 e. The van der Waals surface area contributed by atoms with Gasteiger partial charge in [-0.15, -0.1) is 0 Å². The zero-order valence-electron chi connectivity index (χ0n) is 20.0. The molecule has 4 heterocycles. The van der Waals surface area contributed by atoms with E-state index in [9.17, 15) is 19.2 Å². The minimum absolute atomic E-state index is 0.139. The van der Waals surface area contributed by atoms with Gasteiger partial charge in [-0.05, 0) is 19.9 Å². The molecule has 1 unspecified atom stereocenters. The number of morpholine rings is 2. The number of ether oxygens (including phenoxy) is 4. The van der Waals surface area contributed by atoms with Crippen LogP contribution in [0.2, 0.25) is 0 Å². The molecule has 4 rings (SSSR count). The van der Waals surface area contributed by atoms with Gasteiger partial charge in [-0.2, -0.15) is 0 Å². The summed E-state index contributed by atoms with van der Waals surface area (Å²) in [4.78, 5) is 49.3. The SMILES string of the molecule is C/C=C/C(=O)N1CCOC1=O.C1COCCN1.CC(CC(=O)N1CCOC1=O)N1CCOCC1. The molecular formula is C22H36N4O8. The number of allylic oxidation sites excluding steroid dienone is 1. The summed E-state index contributed by atoms with van der Waals surface area (Å²) in [7, 11) is 0. The molecule has 12 heteroatoms. The third-order valence-corrected chi connectivity index (χ3v) is 5.38. The van der Waals surface area contributed by atoms with Crippen molar-refractivity contribution in [3.63, 3.8) is 0 Å². The minimum Gasteiger partial charge on any atom is -0.447 e. The molecule has 4 fully saturated rings. The number of amides is 4. The highest BCUT2D eigenvalue weighted by molar-refractivity contribution is 5.99. The maximum atomic E-state index is 11.9. The van der Waals surface area contributed by atoms with Crippen LogP contribution in [-0.2, 0) is 28.5 Å². The van der Waals surface area contributed by atoms with E-state index in [0.29, 0.717) is 45.9 Å². The fraction of sp³-hybridized carbons (Fsp3) is 0.727. The van der Waals surface area contributed by atoms with E-state index in [0.717, 1.165) is 44.3 Å². The number of cyclic esters (lactones) is 2. The van der Waals surface area contributed by atoms with Crippen molar-refractivity contribution in [2.45, 2.75) is 26.3 Å². The Bertz CT molecular complexity index is 696. The fourth-order valence-corrected chi connectivity index (χ4v) is 3.47. The number of imide groups is 2. The molecule has 0 spiro atoms. The molecule has 0 aliphatic carbocycles. The molecule has 34 heavy (non-hydrogen) atoms. The first-order valence-corrected chi connectivity index (χ1v) is 11.6. The molecule has 4 aliphatic heterocycles. The summed E-state index contributed by atoms with van der Waals surface area (Å²) in [6.07, 6.45) is 2.23. The summed E-state index contributed by atoms with van der Waals surface area (Å²) in [5.74, 6) is -0.457. The molecule has 0 aromatic heterocycles. The third-order valence-electron chi connectivity index (χ3n) is 5.38. The Morgan fingerprint density at radius 3 is 1.88 bits per heavy atom. The van der Waals surface area contributed by atoms with Gasteiger partial charge in [0.15, 0.2) is 0 Å². The molecule has 0 radical (unpaired) electrons. The van der Waals surface area contributed by atoms with Crippen LogP contribution in [0.5, 0.6) is 0 Å². The van der Waals surface area contributed by atoms with E-state index in [4.69, 9.17) is 14.2 Å². The van der Waals surface area contributed by atoms with Gasteiger partial charge in [0.1, 0.15) is 13.2 Å². The van der Waals surface area contributed by atoms with Gasteiger partial charge in [-0.25, -0.2) is 19.4 Å². The Hall–Kier alpha value is -2.54. The standard InChI is InChI=1S/C11H18N2O4.C7H9NO3.C4H9NO/c1-9(12-2-5-16-6-3-12)8-10(14)13-4-7-17-11(13)15;1-2-3-6(9)8-4-5-11-7(8)10;1-3-6-4-2-5-1/h9H,2-8H2,1H3;2-3H,4-5H2,1H3;5H,1-4H2/b;3-2+;. The minimum atomic E-state index is -0.548. The summed E-state index contributed by atoms with van der Waals surface area (Å²) in [5.41, 5.74) is 0. The van der Waals surface area contributed by atoms with Crippen LogP contribution in [0.3, 0.4) is 0 Å². The second-order valence-electron chi connectivity index (χ2n) is 7.83. The number of carbonyl (C=O) groups is 4. The van der Waals surface area contributed by atoms with Crippen LogP contribution >= 0.6 is 0 Å². The normalized spacial score (nSPS) is 21.7. The second kappa shape index (κ2) is 15.4. The molecule has 192 valence electrons. The fourth-order valence-electron chi connectivity index (χ4n) is 3.47. The van der Waals surface area contributed by atoms with Gasteiger partial charge in [0.25, 0.3) is 5.91 Å². The van der Waals surface area contributed by atoms with Gasteiger partial charge in [-0.1, -0.05) is 6.08 Å². The first-order chi connectivity index (χ1) is 16.4. The number of nitrogens with one attached hydrogen (secondary N) is 1. The first kappa shape index (κ1) is 27.7. The van der Waals surface area contributed by atoms with Crippen LogP contribution in [0.4, 0.5) is 9.59 Å². The zero-order chi connectivity index (χ0) is 24.8. The van der Waals surface area contributed by atoms with E-state index in [1.54, 1.807) is 13.0 Å². The van der Waals surface area contributed by atoms with Crippen LogP contribution in [0.15, 0.2) is 12.2 Å². The van der Waals surface area contributed by atoms with Crippen molar-refractivity contribution < 1.29 is 38.1 Å². The van der Waals surface area contributed by atoms with E-state index in [1.807, 2.05) is 6.92 Å². The molecule has 4 saturated heterocycles. The highest BCUT2D eigenvalue weighted by atomic mass is 16.6. The van der Waals surface area contributed by atoms with E-state index < -0.39 is 12.2 Å². The maximum absolute atomic E-state index is 11.9. The quantitative estimate of drug-likeness (QED) is 0.554. The van der Waals surface area contributed by atoms with Crippen molar-refractivity contribution in [2.75, 3.05) is 78.9 Å². The Morgan fingerprint density at radius 2 is 1.44 bits per heavy atom. The van der Waals surface area contributed by atoms with Crippen molar-refractivity contribution in [2.24, 2.45) is 0 Å². The van der Waals surface area contributed by atoms with Gasteiger partial charge >= 0.3 is 12.2 Å². The van der Waals surface area contributed by atoms with E-state index >= 15 is 0 Å². The lowest BCUT2D eigenvalue weighted by Gasteiger charge is -2.32. The van der Waals surface area contributed by atoms with Crippen LogP contribution in [0.25, 0.3) is 0 Å². The Labute approximate surface area is 200 Å². The van der Waals surface area contributed by atoms with E-state index in [-0.39, 0.29) is 17.9 Å². The van der Waals surface area contributed by atoms with Gasteiger partial charge in [0.05, 0.1) is 39.5 Å². The summed E-state index contributed by atoms with van der Waals surface area (Å²) < 4.78 is 19.6. The predicted molar refractivity (Wildman–Crippen MR) is 121 cm³/mol.